The molecule has 0 aliphatic carbocycles. The van der Waals surface area contributed by atoms with Crippen LogP contribution in [0.1, 0.15) is 20.3 Å². The first kappa shape index (κ1) is 9.43. The molecule has 0 fully saturated rings. The number of carbonyl (C=O) groups is 1. The average Bonchev–Trinajstić information content (AvgIpc) is 1.98. The fraction of sp³-hybridized carbons (Fsp3) is 0.857. The van der Waals surface area contributed by atoms with E-state index in [1.54, 1.807) is 6.92 Å². The summed E-state index contributed by atoms with van der Waals surface area (Å²) in [4.78, 5) is 10.8. The van der Waals surface area contributed by atoms with Gasteiger partial charge in [0.1, 0.15) is 6.61 Å². The van der Waals surface area contributed by atoms with Gasteiger partial charge in [0, 0.05) is 0 Å². The van der Waals surface area contributed by atoms with Crippen molar-refractivity contribution < 1.29 is 14.6 Å². The minimum Gasteiger partial charge on any atom is -0.463 e. The number of ether oxygens (including phenoxy) is 1. The molecule has 3 nitrogen and oxygen atoms in total. The summed E-state index contributed by atoms with van der Waals surface area (Å²) >= 11 is 0. The maximum Gasteiger partial charge on any atom is 0.308 e. The molecule has 0 unspecified atom stereocenters. The Kier molecular flexibility index (Phi) is 4.94. The molecule has 0 aliphatic rings. The van der Waals surface area contributed by atoms with E-state index in [0.717, 1.165) is 6.42 Å². The second kappa shape index (κ2) is 5.23. The van der Waals surface area contributed by atoms with Gasteiger partial charge in [-0.15, -0.1) is 0 Å². The van der Waals surface area contributed by atoms with Gasteiger partial charge in [0.05, 0.1) is 12.5 Å². The van der Waals surface area contributed by atoms with Gasteiger partial charge in [0.2, 0.25) is 0 Å². The van der Waals surface area contributed by atoms with Crippen LogP contribution in [0.15, 0.2) is 0 Å². The summed E-state index contributed by atoms with van der Waals surface area (Å²) < 4.78 is 4.65. The largest absolute Gasteiger partial charge is 0.463 e. The van der Waals surface area contributed by atoms with Gasteiger partial charge in [0.15, 0.2) is 0 Å². The number of carbonyl (C=O) groups excluding carboxylic acids is 1. The van der Waals surface area contributed by atoms with Crippen LogP contribution in [0, 0.1) is 5.92 Å². The number of hydrogen-bond acceptors (Lipinski definition) is 3. The Morgan fingerprint density at radius 1 is 1.70 bits per heavy atom. The molecule has 3 heteroatoms. The highest BCUT2D eigenvalue weighted by atomic mass is 16.5. The van der Waals surface area contributed by atoms with Gasteiger partial charge in [0.25, 0.3) is 0 Å². The van der Waals surface area contributed by atoms with E-state index in [1.165, 1.54) is 0 Å². The molecule has 0 aliphatic heterocycles. The molecule has 0 saturated carbocycles. The van der Waals surface area contributed by atoms with Gasteiger partial charge >= 0.3 is 5.97 Å². The second-order valence-electron chi connectivity index (χ2n) is 2.20. The molecule has 0 heterocycles. The van der Waals surface area contributed by atoms with Crippen LogP contribution in [-0.4, -0.2) is 24.3 Å². The minimum absolute atomic E-state index is 0.0495. The van der Waals surface area contributed by atoms with Gasteiger partial charge in [-0.3, -0.25) is 4.79 Å². The molecular weight excluding hydrogens is 132 g/mol. The number of esters is 1. The van der Waals surface area contributed by atoms with Crippen LogP contribution in [0.4, 0.5) is 0 Å². The lowest BCUT2D eigenvalue weighted by molar-refractivity contribution is -0.148. The molecule has 0 aromatic rings. The number of rotatable bonds is 4. The van der Waals surface area contributed by atoms with Crippen LogP contribution < -0.4 is 0 Å². The van der Waals surface area contributed by atoms with Crippen molar-refractivity contribution in [3.8, 4) is 0 Å². The van der Waals surface area contributed by atoms with E-state index in [-0.39, 0.29) is 25.1 Å². The summed E-state index contributed by atoms with van der Waals surface area (Å²) in [5.41, 5.74) is 0. The highest BCUT2D eigenvalue weighted by molar-refractivity contribution is 5.71. The maximum atomic E-state index is 10.8. The minimum atomic E-state index is -0.225. The topological polar surface area (TPSA) is 46.5 Å². The van der Waals surface area contributed by atoms with Gasteiger partial charge in [-0.25, -0.2) is 0 Å². The Morgan fingerprint density at radius 3 is 2.70 bits per heavy atom. The Bertz CT molecular complexity index is 101. The summed E-state index contributed by atoms with van der Waals surface area (Å²) in [6.07, 6.45) is 0.782. The van der Waals surface area contributed by atoms with Crippen molar-refractivity contribution in [3.05, 3.63) is 0 Å². The molecule has 1 atom stereocenters. The third-order valence-corrected chi connectivity index (χ3v) is 1.35. The van der Waals surface area contributed by atoms with Gasteiger partial charge in [-0.1, -0.05) is 13.8 Å². The molecular formula is C7H14O3. The van der Waals surface area contributed by atoms with Crippen LogP contribution in [0.5, 0.6) is 0 Å². The van der Waals surface area contributed by atoms with Gasteiger partial charge < -0.3 is 9.84 Å². The summed E-state index contributed by atoms with van der Waals surface area (Å²) in [7, 11) is 0. The summed E-state index contributed by atoms with van der Waals surface area (Å²) in [5, 5.41) is 8.29. The zero-order valence-corrected chi connectivity index (χ0v) is 6.46. The normalized spacial score (nSPS) is 12.7. The molecule has 0 spiro atoms. The smallest absolute Gasteiger partial charge is 0.308 e. The molecule has 0 amide bonds. The molecule has 0 rings (SSSR count). The fourth-order valence-corrected chi connectivity index (χ4v) is 0.455. The third kappa shape index (κ3) is 3.45. The first-order valence-electron chi connectivity index (χ1n) is 3.49. The first-order chi connectivity index (χ1) is 4.72. The fourth-order valence-electron chi connectivity index (χ4n) is 0.455. The molecule has 0 saturated heterocycles. The van der Waals surface area contributed by atoms with E-state index in [0.29, 0.717) is 0 Å². The Morgan fingerprint density at radius 2 is 2.30 bits per heavy atom. The molecule has 10 heavy (non-hydrogen) atoms. The SMILES string of the molecule is CC[C@H](C)C(=O)OCCO. The van der Waals surface area contributed by atoms with Crippen LogP contribution in [0.3, 0.4) is 0 Å². The lowest BCUT2D eigenvalue weighted by Crippen LogP contribution is -2.15. The lowest BCUT2D eigenvalue weighted by Gasteiger charge is -2.06. The predicted molar refractivity (Wildman–Crippen MR) is 37.5 cm³/mol. The highest BCUT2D eigenvalue weighted by Gasteiger charge is 2.10. The maximum absolute atomic E-state index is 10.8. The van der Waals surface area contributed by atoms with Crippen molar-refractivity contribution in [3.63, 3.8) is 0 Å². The van der Waals surface area contributed by atoms with E-state index in [9.17, 15) is 4.79 Å². The van der Waals surface area contributed by atoms with E-state index < -0.39 is 0 Å². The van der Waals surface area contributed by atoms with Crippen molar-refractivity contribution in [2.75, 3.05) is 13.2 Å². The number of aliphatic hydroxyl groups is 1. The lowest BCUT2D eigenvalue weighted by atomic mass is 10.1. The summed E-state index contributed by atoms with van der Waals surface area (Å²) in [6.45, 7) is 3.75. The van der Waals surface area contributed by atoms with E-state index in [1.807, 2.05) is 6.92 Å². The van der Waals surface area contributed by atoms with Crippen molar-refractivity contribution in [2.24, 2.45) is 5.92 Å². The second-order valence-corrected chi connectivity index (χ2v) is 2.20. The predicted octanol–water partition coefficient (Wildman–Crippen LogP) is 0.568. The van der Waals surface area contributed by atoms with E-state index in [2.05, 4.69) is 4.74 Å². The quantitative estimate of drug-likeness (QED) is 0.590. The highest BCUT2D eigenvalue weighted by Crippen LogP contribution is 2.02. The molecule has 60 valence electrons. The molecule has 0 radical (unpaired) electrons. The third-order valence-electron chi connectivity index (χ3n) is 1.35. The number of aliphatic hydroxyl groups excluding tert-OH is 1. The van der Waals surface area contributed by atoms with Gasteiger partial charge in [-0.05, 0) is 6.42 Å². The average molecular weight is 146 g/mol. The summed E-state index contributed by atoms with van der Waals surface area (Å²) in [6, 6.07) is 0. The van der Waals surface area contributed by atoms with E-state index in [4.69, 9.17) is 5.11 Å². The zero-order chi connectivity index (χ0) is 7.98. The van der Waals surface area contributed by atoms with Crippen LogP contribution in [0.25, 0.3) is 0 Å². The van der Waals surface area contributed by atoms with Crippen molar-refractivity contribution in [2.45, 2.75) is 20.3 Å². The van der Waals surface area contributed by atoms with Crippen molar-refractivity contribution in [1.29, 1.82) is 0 Å². The van der Waals surface area contributed by atoms with Crippen LogP contribution in [-0.2, 0) is 9.53 Å². The Hall–Kier alpha value is -0.570. The molecule has 0 aromatic heterocycles. The zero-order valence-electron chi connectivity index (χ0n) is 6.46. The van der Waals surface area contributed by atoms with Crippen LogP contribution >= 0.6 is 0 Å². The first-order valence-corrected chi connectivity index (χ1v) is 3.49. The molecule has 1 N–H and O–H groups in total. The molecule has 0 bridgehead atoms. The monoisotopic (exact) mass is 146 g/mol. The standard InChI is InChI=1S/C7H14O3/c1-3-6(2)7(9)10-5-4-8/h6,8H,3-5H2,1-2H3/t6-/m0/s1. The van der Waals surface area contributed by atoms with Crippen LogP contribution in [0.2, 0.25) is 0 Å². The van der Waals surface area contributed by atoms with Crippen molar-refractivity contribution in [1.82, 2.24) is 0 Å². The summed E-state index contributed by atoms with van der Waals surface area (Å²) in [5.74, 6) is -0.275. The Balaban J connectivity index is 3.42. The Labute approximate surface area is 61.0 Å². The van der Waals surface area contributed by atoms with Gasteiger partial charge in [-0.2, -0.15) is 0 Å². The molecule has 0 aromatic carbocycles. The number of hydrogen-bond donors (Lipinski definition) is 1. The van der Waals surface area contributed by atoms with E-state index >= 15 is 0 Å². The van der Waals surface area contributed by atoms with Crippen molar-refractivity contribution >= 4 is 5.97 Å².